The first-order valence-corrected chi connectivity index (χ1v) is 7.97. The van der Waals surface area contributed by atoms with Gasteiger partial charge in [0.1, 0.15) is 5.82 Å². The van der Waals surface area contributed by atoms with Crippen molar-refractivity contribution in [2.24, 2.45) is 0 Å². The highest BCUT2D eigenvalue weighted by Gasteiger charge is 2.09. The lowest BCUT2D eigenvalue weighted by Crippen LogP contribution is -2.06. The van der Waals surface area contributed by atoms with Crippen molar-refractivity contribution in [1.29, 1.82) is 0 Å². The van der Waals surface area contributed by atoms with E-state index in [2.05, 4.69) is 26.2 Å². The third kappa shape index (κ3) is 3.80. The minimum Gasteiger partial charge on any atom is -0.478 e. The maximum absolute atomic E-state index is 11.1. The number of rotatable bonds is 6. The quantitative estimate of drug-likeness (QED) is 0.817. The van der Waals surface area contributed by atoms with Gasteiger partial charge < -0.3 is 10.4 Å². The summed E-state index contributed by atoms with van der Waals surface area (Å²) in [6.07, 6.45) is 1.71. The summed E-state index contributed by atoms with van der Waals surface area (Å²) in [5, 5.41) is 14.3. The van der Waals surface area contributed by atoms with Crippen LogP contribution >= 0.6 is 27.3 Å². The summed E-state index contributed by atoms with van der Waals surface area (Å²) in [4.78, 5) is 16.7. The number of hydrogen-bond acceptors (Lipinski definition) is 4. The Labute approximate surface area is 130 Å². The Hall–Kier alpha value is -1.40. The summed E-state index contributed by atoms with van der Waals surface area (Å²) in [7, 11) is 0. The Kier molecular flexibility index (Phi) is 5.14. The van der Waals surface area contributed by atoms with Gasteiger partial charge in [-0.25, -0.2) is 9.78 Å². The lowest BCUT2D eigenvalue weighted by atomic mass is 10.1. The van der Waals surface area contributed by atoms with Crippen LogP contribution in [0, 0.1) is 0 Å². The van der Waals surface area contributed by atoms with Crippen LogP contribution in [-0.4, -0.2) is 16.1 Å². The summed E-state index contributed by atoms with van der Waals surface area (Å²) < 4.78 is 1.05. The van der Waals surface area contributed by atoms with Crippen LogP contribution in [0.5, 0.6) is 0 Å². The summed E-state index contributed by atoms with van der Waals surface area (Å²) in [6, 6.07) is 5.20. The first-order valence-electron chi connectivity index (χ1n) is 6.30. The summed E-state index contributed by atoms with van der Waals surface area (Å²) >= 11 is 5.11. The van der Waals surface area contributed by atoms with Gasteiger partial charge in [-0.15, -0.1) is 11.3 Å². The second-order valence-electron chi connectivity index (χ2n) is 4.33. The Bertz CT molecular complexity index is 613. The summed E-state index contributed by atoms with van der Waals surface area (Å²) in [5.74, 6) is -0.321. The lowest BCUT2D eigenvalue weighted by molar-refractivity contribution is 0.0696. The van der Waals surface area contributed by atoms with Crippen LogP contribution in [0.4, 0.5) is 5.82 Å². The van der Waals surface area contributed by atoms with Crippen LogP contribution in [0.1, 0.15) is 34.3 Å². The average molecular weight is 355 g/mol. The SMILES string of the molecule is CCCc1cc(C(=O)O)cc(NCc2sccc2Br)n1. The highest BCUT2D eigenvalue weighted by atomic mass is 79.9. The highest BCUT2D eigenvalue weighted by molar-refractivity contribution is 9.10. The first kappa shape index (κ1) is 15.0. The number of anilines is 1. The van der Waals surface area contributed by atoms with Gasteiger partial charge in [-0.1, -0.05) is 13.3 Å². The Morgan fingerprint density at radius 1 is 1.50 bits per heavy atom. The van der Waals surface area contributed by atoms with Crippen molar-refractivity contribution in [1.82, 2.24) is 4.98 Å². The van der Waals surface area contributed by atoms with E-state index in [4.69, 9.17) is 5.11 Å². The molecule has 0 amide bonds. The van der Waals surface area contributed by atoms with Gasteiger partial charge in [0.05, 0.1) is 12.1 Å². The number of pyridine rings is 1. The molecule has 2 aromatic rings. The molecule has 0 bridgehead atoms. The number of aromatic nitrogens is 1. The molecule has 6 heteroatoms. The average Bonchev–Trinajstić information content (AvgIpc) is 2.82. The van der Waals surface area contributed by atoms with Crippen molar-refractivity contribution in [2.75, 3.05) is 5.32 Å². The van der Waals surface area contributed by atoms with Crippen molar-refractivity contribution >= 4 is 39.1 Å². The number of carboxylic acid groups (broad SMARTS) is 1. The minimum atomic E-state index is -0.926. The molecular formula is C14H15BrN2O2S. The smallest absolute Gasteiger partial charge is 0.335 e. The maximum Gasteiger partial charge on any atom is 0.335 e. The fourth-order valence-electron chi connectivity index (χ4n) is 1.81. The number of nitrogens with zero attached hydrogens (tertiary/aromatic N) is 1. The Balaban J connectivity index is 2.17. The van der Waals surface area contributed by atoms with Crippen LogP contribution in [0.25, 0.3) is 0 Å². The standard InChI is InChI=1S/C14H15BrN2O2S/c1-2-3-10-6-9(14(18)19)7-13(17-10)16-8-12-11(15)4-5-20-12/h4-7H,2-3,8H2,1H3,(H,16,17)(H,18,19). The molecule has 0 saturated carbocycles. The molecule has 2 rings (SSSR count). The number of nitrogens with one attached hydrogen (secondary N) is 1. The van der Waals surface area contributed by atoms with E-state index in [1.54, 1.807) is 23.5 Å². The van der Waals surface area contributed by atoms with Crippen LogP contribution in [-0.2, 0) is 13.0 Å². The molecule has 2 aromatic heterocycles. The molecule has 0 aliphatic carbocycles. The summed E-state index contributed by atoms with van der Waals surface area (Å²) in [5.41, 5.74) is 1.08. The number of aryl methyl sites for hydroxylation is 1. The molecule has 4 nitrogen and oxygen atoms in total. The number of carboxylic acids is 1. The van der Waals surface area contributed by atoms with Crippen molar-refractivity contribution < 1.29 is 9.90 Å². The van der Waals surface area contributed by atoms with E-state index in [9.17, 15) is 4.79 Å². The number of carbonyl (C=O) groups is 1. The fraction of sp³-hybridized carbons (Fsp3) is 0.286. The van der Waals surface area contributed by atoms with Gasteiger partial charge in [0.25, 0.3) is 0 Å². The van der Waals surface area contributed by atoms with E-state index in [0.29, 0.717) is 12.4 Å². The van der Waals surface area contributed by atoms with Crippen LogP contribution in [0.2, 0.25) is 0 Å². The van der Waals surface area contributed by atoms with Crippen LogP contribution in [0.15, 0.2) is 28.1 Å². The molecule has 0 unspecified atom stereocenters. The molecule has 0 radical (unpaired) electrons. The number of aromatic carboxylic acids is 1. The van der Waals surface area contributed by atoms with E-state index < -0.39 is 5.97 Å². The van der Waals surface area contributed by atoms with Gasteiger partial charge in [0, 0.05) is 15.0 Å². The normalized spacial score (nSPS) is 10.5. The topological polar surface area (TPSA) is 62.2 Å². The van der Waals surface area contributed by atoms with Crippen molar-refractivity contribution in [3.05, 3.63) is 44.2 Å². The van der Waals surface area contributed by atoms with Crippen molar-refractivity contribution in [2.45, 2.75) is 26.3 Å². The van der Waals surface area contributed by atoms with Crippen molar-refractivity contribution in [3.8, 4) is 0 Å². The third-order valence-corrected chi connectivity index (χ3v) is 4.68. The predicted molar refractivity (Wildman–Crippen MR) is 84.5 cm³/mol. The molecular weight excluding hydrogens is 340 g/mol. The maximum atomic E-state index is 11.1. The van der Waals surface area contributed by atoms with Gasteiger partial charge in [0.2, 0.25) is 0 Å². The van der Waals surface area contributed by atoms with Crippen LogP contribution < -0.4 is 5.32 Å². The minimum absolute atomic E-state index is 0.274. The molecule has 0 spiro atoms. The predicted octanol–water partition coefficient (Wildman–Crippen LogP) is 4.17. The molecule has 0 saturated heterocycles. The summed E-state index contributed by atoms with van der Waals surface area (Å²) in [6.45, 7) is 2.67. The second-order valence-corrected chi connectivity index (χ2v) is 6.19. The highest BCUT2D eigenvalue weighted by Crippen LogP contribution is 2.23. The number of thiophene rings is 1. The second kappa shape index (κ2) is 6.85. The van der Waals surface area contributed by atoms with Gasteiger partial charge in [0.15, 0.2) is 0 Å². The zero-order valence-corrected chi connectivity index (χ0v) is 13.4. The van der Waals surface area contributed by atoms with E-state index in [0.717, 1.165) is 27.9 Å². The molecule has 0 aromatic carbocycles. The monoisotopic (exact) mass is 354 g/mol. The molecule has 0 atom stereocenters. The molecule has 20 heavy (non-hydrogen) atoms. The molecule has 0 aliphatic rings. The number of hydrogen-bond donors (Lipinski definition) is 2. The molecule has 0 aliphatic heterocycles. The Morgan fingerprint density at radius 3 is 2.90 bits per heavy atom. The van der Waals surface area contributed by atoms with Crippen LogP contribution in [0.3, 0.4) is 0 Å². The Morgan fingerprint density at radius 2 is 2.30 bits per heavy atom. The largest absolute Gasteiger partial charge is 0.478 e. The van der Waals surface area contributed by atoms with Gasteiger partial charge in [-0.2, -0.15) is 0 Å². The number of halogens is 1. The lowest BCUT2D eigenvalue weighted by Gasteiger charge is -2.08. The fourth-order valence-corrected chi connectivity index (χ4v) is 3.24. The zero-order valence-electron chi connectivity index (χ0n) is 11.0. The van der Waals surface area contributed by atoms with Crippen molar-refractivity contribution in [3.63, 3.8) is 0 Å². The molecule has 0 fully saturated rings. The third-order valence-electron chi connectivity index (χ3n) is 2.75. The first-order chi connectivity index (χ1) is 9.60. The van der Waals surface area contributed by atoms with E-state index in [-0.39, 0.29) is 5.56 Å². The molecule has 2 N–H and O–H groups in total. The molecule has 106 valence electrons. The molecule has 2 heterocycles. The van der Waals surface area contributed by atoms with E-state index in [1.165, 1.54) is 0 Å². The van der Waals surface area contributed by atoms with Gasteiger partial charge in [-0.05, 0) is 45.9 Å². The van der Waals surface area contributed by atoms with Gasteiger partial charge in [-0.3, -0.25) is 0 Å². The zero-order chi connectivity index (χ0) is 14.5. The van der Waals surface area contributed by atoms with E-state index in [1.807, 2.05) is 18.4 Å². The van der Waals surface area contributed by atoms with Gasteiger partial charge >= 0.3 is 5.97 Å². The van der Waals surface area contributed by atoms with E-state index >= 15 is 0 Å².